The van der Waals surface area contributed by atoms with Gasteiger partial charge in [0, 0.05) is 5.56 Å². The maximum atomic E-state index is 10.7. The van der Waals surface area contributed by atoms with Crippen molar-refractivity contribution in [3.8, 4) is 0 Å². The lowest BCUT2D eigenvalue weighted by Gasteiger charge is -2.12. The van der Waals surface area contributed by atoms with Crippen LogP contribution < -0.4 is 0 Å². The van der Waals surface area contributed by atoms with Crippen LogP contribution in [0.4, 0.5) is 0 Å². The van der Waals surface area contributed by atoms with Crippen LogP contribution in [0, 0.1) is 0 Å². The zero-order valence-electron chi connectivity index (χ0n) is 9.29. The van der Waals surface area contributed by atoms with Crippen LogP contribution >= 0.6 is 11.6 Å². The van der Waals surface area contributed by atoms with Crippen molar-refractivity contribution >= 4 is 17.9 Å². The Labute approximate surface area is 96.5 Å². The van der Waals surface area contributed by atoms with E-state index >= 15 is 0 Å². The minimum Gasteiger partial charge on any atom is -0.298 e. The highest BCUT2D eigenvalue weighted by atomic mass is 35.5. The number of aldehydes is 1. The first-order valence-electron chi connectivity index (χ1n) is 5.43. The number of hydrogen-bond donors (Lipinski definition) is 0. The second kappa shape index (κ2) is 5.92. The molecule has 0 heterocycles. The first-order chi connectivity index (χ1) is 7.19. The van der Waals surface area contributed by atoms with Gasteiger partial charge in [-0.25, -0.2) is 0 Å². The summed E-state index contributed by atoms with van der Waals surface area (Å²) >= 11 is 5.87. The molecule has 0 aliphatic rings. The SMILES string of the molecule is CCCCC(C)c1ccc(Cl)c(C=O)c1. The molecular weight excluding hydrogens is 208 g/mol. The molecule has 1 rings (SSSR count). The van der Waals surface area contributed by atoms with Gasteiger partial charge in [-0.3, -0.25) is 4.79 Å². The lowest BCUT2D eigenvalue weighted by Crippen LogP contribution is -1.95. The van der Waals surface area contributed by atoms with Gasteiger partial charge in [-0.05, 0) is 30.0 Å². The molecule has 0 bridgehead atoms. The third-order valence-electron chi connectivity index (χ3n) is 2.71. The Hall–Kier alpha value is -0.820. The number of carbonyl (C=O) groups is 1. The molecule has 1 aromatic carbocycles. The first-order valence-corrected chi connectivity index (χ1v) is 5.81. The van der Waals surface area contributed by atoms with Crippen molar-refractivity contribution in [1.29, 1.82) is 0 Å². The lowest BCUT2D eigenvalue weighted by atomic mass is 9.94. The molecule has 2 heteroatoms. The van der Waals surface area contributed by atoms with Crippen LogP contribution in [0.1, 0.15) is 54.9 Å². The summed E-state index contributed by atoms with van der Waals surface area (Å²) in [5.74, 6) is 0.501. The van der Waals surface area contributed by atoms with Crippen LogP contribution in [-0.2, 0) is 0 Å². The minimum atomic E-state index is 0.501. The molecule has 1 aromatic rings. The van der Waals surface area contributed by atoms with Crippen LogP contribution in [0.3, 0.4) is 0 Å². The van der Waals surface area contributed by atoms with Crippen molar-refractivity contribution in [1.82, 2.24) is 0 Å². The quantitative estimate of drug-likeness (QED) is 0.676. The standard InChI is InChI=1S/C13H17ClO/c1-3-4-5-10(2)11-6-7-13(14)12(8-11)9-15/h6-10H,3-5H2,1-2H3. The van der Waals surface area contributed by atoms with Crippen LogP contribution in [0.25, 0.3) is 0 Å². The number of benzene rings is 1. The van der Waals surface area contributed by atoms with E-state index < -0.39 is 0 Å². The van der Waals surface area contributed by atoms with E-state index in [2.05, 4.69) is 13.8 Å². The van der Waals surface area contributed by atoms with Gasteiger partial charge in [0.2, 0.25) is 0 Å². The summed E-state index contributed by atoms with van der Waals surface area (Å²) in [6.45, 7) is 4.37. The molecule has 0 amide bonds. The Balaban J connectivity index is 2.80. The Bertz CT molecular complexity index is 333. The van der Waals surface area contributed by atoms with Gasteiger partial charge in [0.25, 0.3) is 0 Å². The predicted molar refractivity (Wildman–Crippen MR) is 64.8 cm³/mol. The highest BCUT2D eigenvalue weighted by molar-refractivity contribution is 6.32. The van der Waals surface area contributed by atoms with E-state index in [4.69, 9.17) is 11.6 Å². The van der Waals surface area contributed by atoms with Crippen molar-refractivity contribution < 1.29 is 4.79 Å². The van der Waals surface area contributed by atoms with Gasteiger partial charge >= 0.3 is 0 Å². The number of halogens is 1. The monoisotopic (exact) mass is 224 g/mol. The van der Waals surface area contributed by atoms with E-state index in [0.29, 0.717) is 16.5 Å². The maximum absolute atomic E-state index is 10.7. The molecule has 0 saturated heterocycles. The van der Waals surface area contributed by atoms with Crippen LogP contribution in [0.5, 0.6) is 0 Å². The van der Waals surface area contributed by atoms with Gasteiger partial charge in [-0.1, -0.05) is 44.4 Å². The van der Waals surface area contributed by atoms with E-state index in [1.54, 1.807) is 0 Å². The summed E-state index contributed by atoms with van der Waals surface area (Å²) in [4.78, 5) is 10.7. The average Bonchev–Trinajstić information content (AvgIpc) is 2.26. The summed E-state index contributed by atoms with van der Waals surface area (Å²) in [6, 6.07) is 5.72. The van der Waals surface area contributed by atoms with Gasteiger partial charge in [0.15, 0.2) is 6.29 Å². The fourth-order valence-electron chi connectivity index (χ4n) is 1.64. The number of hydrogen-bond acceptors (Lipinski definition) is 1. The normalized spacial score (nSPS) is 12.5. The highest BCUT2D eigenvalue weighted by Gasteiger charge is 2.07. The third-order valence-corrected chi connectivity index (χ3v) is 3.05. The Morgan fingerprint density at radius 1 is 1.47 bits per heavy atom. The molecular formula is C13H17ClO. The molecule has 0 fully saturated rings. The lowest BCUT2D eigenvalue weighted by molar-refractivity contribution is 0.112. The van der Waals surface area contributed by atoms with E-state index in [9.17, 15) is 4.79 Å². The molecule has 1 unspecified atom stereocenters. The van der Waals surface area contributed by atoms with Gasteiger partial charge in [-0.2, -0.15) is 0 Å². The molecule has 0 aromatic heterocycles. The second-order valence-electron chi connectivity index (χ2n) is 3.94. The Morgan fingerprint density at radius 3 is 2.80 bits per heavy atom. The third kappa shape index (κ3) is 3.35. The maximum Gasteiger partial charge on any atom is 0.151 e. The minimum absolute atomic E-state index is 0.501. The van der Waals surface area contributed by atoms with Crippen molar-refractivity contribution in [3.63, 3.8) is 0 Å². The second-order valence-corrected chi connectivity index (χ2v) is 4.35. The fraction of sp³-hybridized carbons (Fsp3) is 0.462. The van der Waals surface area contributed by atoms with Crippen LogP contribution in [0.15, 0.2) is 18.2 Å². The Kier molecular flexibility index (Phi) is 4.83. The molecule has 0 aliphatic carbocycles. The average molecular weight is 225 g/mol. The summed E-state index contributed by atoms with van der Waals surface area (Å²) in [6.07, 6.45) is 4.41. The molecule has 1 nitrogen and oxygen atoms in total. The summed E-state index contributed by atoms with van der Waals surface area (Å²) in [7, 11) is 0. The molecule has 15 heavy (non-hydrogen) atoms. The number of rotatable bonds is 5. The highest BCUT2D eigenvalue weighted by Crippen LogP contribution is 2.25. The smallest absolute Gasteiger partial charge is 0.151 e. The van der Waals surface area contributed by atoms with Gasteiger partial charge in [0.05, 0.1) is 5.02 Å². The summed E-state index contributed by atoms with van der Waals surface area (Å²) < 4.78 is 0. The van der Waals surface area contributed by atoms with E-state index in [1.165, 1.54) is 18.4 Å². The molecule has 0 spiro atoms. The molecule has 82 valence electrons. The molecule has 0 aliphatic heterocycles. The molecule has 0 N–H and O–H groups in total. The Morgan fingerprint density at radius 2 is 2.20 bits per heavy atom. The van der Waals surface area contributed by atoms with Crippen molar-refractivity contribution in [3.05, 3.63) is 34.3 Å². The topological polar surface area (TPSA) is 17.1 Å². The first kappa shape index (κ1) is 12.3. The molecule has 1 atom stereocenters. The van der Waals surface area contributed by atoms with Crippen molar-refractivity contribution in [2.45, 2.75) is 39.0 Å². The predicted octanol–water partition coefficient (Wildman–Crippen LogP) is 4.45. The van der Waals surface area contributed by atoms with E-state index in [-0.39, 0.29) is 0 Å². The van der Waals surface area contributed by atoms with Gasteiger partial charge in [-0.15, -0.1) is 0 Å². The molecule has 0 radical (unpaired) electrons. The van der Waals surface area contributed by atoms with Gasteiger partial charge in [0.1, 0.15) is 0 Å². The number of unbranched alkanes of at least 4 members (excludes halogenated alkanes) is 1. The van der Waals surface area contributed by atoms with Gasteiger partial charge < -0.3 is 0 Å². The number of carbonyl (C=O) groups excluding carboxylic acids is 1. The zero-order chi connectivity index (χ0) is 11.3. The fourth-order valence-corrected chi connectivity index (χ4v) is 1.80. The van der Waals surface area contributed by atoms with E-state index in [0.717, 1.165) is 12.7 Å². The van der Waals surface area contributed by atoms with E-state index in [1.807, 2.05) is 18.2 Å². The van der Waals surface area contributed by atoms with Crippen LogP contribution in [0.2, 0.25) is 5.02 Å². The zero-order valence-corrected chi connectivity index (χ0v) is 10.1. The molecule has 0 saturated carbocycles. The summed E-state index contributed by atoms with van der Waals surface area (Å²) in [5.41, 5.74) is 1.80. The summed E-state index contributed by atoms with van der Waals surface area (Å²) in [5, 5.41) is 0.538. The van der Waals surface area contributed by atoms with Crippen molar-refractivity contribution in [2.24, 2.45) is 0 Å². The van der Waals surface area contributed by atoms with Crippen molar-refractivity contribution in [2.75, 3.05) is 0 Å². The largest absolute Gasteiger partial charge is 0.298 e. The van der Waals surface area contributed by atoms with Crippen LogP contribution in [-0.4, -0.2) is 6.29 Å².